The van der Waals surface area contributed by atoms with Crippen molar-refractivity contribution in [2.45, 2.75) is 31.6 Å². The number of carbonyl (C=O) groups is 1. The summed E-state index contributed by atoms with van der Waals surface area (Å²) in [6.07, 6.45) is 0. The van der Waals surface area contributed by atoms with Gasteiger partial charge < -0.3 is 0 Å². The molecule has 0 aliphatic rings. The molecule has 7 heteroatoms. The molecular formula is C14H17N3O3S. The summed E-state index contributed by atoms with van der Waals surface area (Å²) in [6, 6.07) is 7.55. The molecule has 2 aromatic rings. The normalized spacial score (nSPS) is 11.6. The van der Waals surface area contributed by atoms with E-state index < -0.39 is 10.0 Å². The van der Waals surface area contributed by atoms with Crippen LogP contribution < -0.4 is 4.72 Å². The van der Waals surface area contributed by atoms with Gasteiger partial charge in [-0.2, -0.15) is 5.10 Å². The van der Waals surface area contributed by atoms with Crippen molar-refractivity contribution in [3.8, 4) is 0 Å². The predicted molar refractivity (Wildman–Crippen MR) is 79.9 cm³/mol. The molecule has 2 N–H and O–H groups in total. The topological polar surface area (TPSA) is 91.9 Å². The highest BCUT2D eigenvalue weighted by Crippen LogP contribution is 2.19. The van der Waals surface area contributed by atoms with Crippen molar-refractivity contribution in [1.29, 1.82) is 0 Å². The highest BCUT2D eigenvalue weighted by Gasteiger charge is 2.17. The number of aromatic amines is 1. The number of sulfonamides is 1. The maximum atomic E-state index is 12.3. The number of H-pyrrole nitrogens is 1. The highest BCUT2D eigenvalue weighted by atomic mass is 32.2. The fraction of sp³-hybridized carbons (Fsp3) is 0.286. The number of hydrogen-bond acceptors (Lipinski definition) is 4. The van der Waals surface area contributed by atoms with Gasteiger partial charge >= 0.3 is 0 Å². The summed E-state index contributed by atoms with van der Waals surface area (Å²) in [5, 5.41) is 6.70. The van der Waals surface area contributed by atoms with Crippen molar-refractivity contribution >= 4 is 21.6 Å². The average Bonchev–Trinajstić information content (AvgIpc) is 2.87. The van der Waals surface area contributed by atoms with Gasteiger partial charge in [0.05, 0.1) is 4.90 Å². The Bertz CT molecular complexity index is 763. The zero-order chi connectivity index (χ0) is 15.6. The van der Waals surface area contributed by atoms with Gasteiger partial charge in [-0.25, -0.2) is 8.42 Å². The maximum absolute atomic E-state index is 12.3. The molecule has 6 nitrogen and oxygen atoms in total. The second kappa shape index (κ2) is 5.69. The first-order valence-electron chi connectivity index (χ1n) is 6.49. The van der Waals surface area contributed by atoms with Gasteiger partial charge in [-0.05, 0) is 25.0 Å². The van der Waals surface area contributed by atoms with Gasteiger partial charge in [-0.3, -0.25) is 14.6 Å². The highest BCUT2D eigenvalue weighted by molar-refractivity contribution is 7.92. The summed E-state index contributed by atoms with van der Waals surface area (Å²) >= 11 is 0. The smallest absolute Gasteiger partial charge is 0.263 e. The Hall–Kier alpha value is -2.15. The first kappa shape index (κ1) is 15.2. The lowest BCUT2D eigenvalue weighted by molar-refractivity contribution is 0.101. The van der Waals surface area contributed by atoms with E-state index in [1.165, 1.54) is 25.1 Å². The molecule has 112 valence electrons. The lowest BCUT2D eigenvalue weighted by Crippen LogP contribution is -2.13. The van der Waals surface area contributed by atoms with Crippen molar-refractivity contribution in [3.63, 3.8) is 0 Å². The zero-order valence-corrected chi connectivity index (χ0v) is 12.9. The zero-order valence-electron chi connectivity index (χ0n) is 12.0. The molecule has 0 atom stereocenters. The molecule has 0 amide bonds. The molecule has 0 fully saturated rings. The third-order valence-electron chi connectivity index (χ3n) is 3.01. The molecule has 0 aliphatic carbocycles. The van der Waals surface area contributed by atoms with Crippen molar-refractivity contribution in [2.24, 2.45) is 0 Å². The van der Waals surface area contributed by atoms with Gasteiger partial charge in [0, 0.05) is 17.3 Å². The number of nitrogens with one attached hydrogen (secondary N) is 2. The van der Waals surface area contributed by atoms with Crippen molar-refractivity contribution in [3.05, 3.63) is 41.6 Å². The molecule has 1 aromatic heterocycles. The Morgan fingerprint density at radius 2 is 2.00 bits per heavy atom. The Morgan fingerprint density at radius 3 is 2.57 bits per heavy atom. The first-order valence-corrected chi connectivity index (χ1v) is 7.97. The lowest BCUT2D eigenvalue weighted by Gasteiger charge is -2.06. The van der Waals surface area contributed by atoms with E-state index in [-0.39, 0.29) is 22.4 Å². The third kappa shape index (κ3) is 3.49. The van der Waals surface area contributed by atoms with Crippen LogP contribution in [0.25, 0.3) is 0 Å². The van der Waals surface area contributed by atoms with E-state index in [1.807, 2.05) is 13.8 Å². The van der Waals surface area contributed by atoms with Crippen LogP contribution in [0.2, 0.25) is 0 Å². The average molecular weight is 307 g/mol. The van der Waals surface area contributed by atoms with Gasteiger partial charge in [-0.15, -0.1) is 0 Å². The largest absolute Gasteiger partial charge is 0.295 e. The van der Waals surface area contributed by atoms with Crippen LogP contribution >= 0.6 is 0 Å². The van der Waals surface area contributed by atoms with E-state index in [9.17, 15) is 13.2 Å². The second-order valence-corrected chi connectivity index (χ2v) is 6.74. The molecule has 1 aromatic carbocycles. The van der Waals surface area contributed by atoms with E-state index in [2.05, 4.69) is 14.9 Å². The van der Waals surface area contributed by atoms with Gasteiger partial charge in [0.2, 0.25) is 0 Å². The van der Waals surface area contributed by atoms with Crippen LogP contribution in [0.4, 0.5) is 5.82 Å². The minimum atomic E-state index is -3.77. The fourth-order valence-electron chi connectivity index (χ4n) is 1.76. The number of benzene rings is 1. The van der Waals surface area contributed by atoms with Crippen LogP contribution in [0.1, 0.15) is 42.7 Å². The summed E-state index contributed by atoms with van der Waals surface area (Å²) < 4.78 is 27.0. The molecule has 21 heavy (non-hydrogen) atoms. The molecule has 0 saturated carbocycles. The van der Waals surface area contributed by atoms with Crippen LogP contribution in [-0.2, 0) is 10.0 Å². The van der Waals surface area contributed by atoms with Crippen LogP contribution in [-0.4, -0.2) is 24.4 Å². The van der Waals surface area contributed by atoms with Gasteiger partial charge in [-0.1, -0.05) is 26.0 Å². The van der Waals surface area contributed by atoms with Crippen molar-refractivity contribution < 1.29 is 13.2 Å². The van der Waals surface area contributed by atoms with E-state index in [0.29, 0.717) is 5.56 Å². The molecule has 0 bridgehead atoms. The number of hydrogen-bond donors (Lipinski definition) is 2. The molecular weight excluding hydrogens is 290 g/mol. The molecule has 0 radical (unpaired) electrons. The monoisotopic (exact) mass is 307 g/mol. The molecule has 0 saturated heterocycles. The SMILES string of the molecule is CC(=O)c1cccc(S(=O)(=O)Nc2cc(C(C)C)[nH]n2)c1. The Kier molecular flexibility index (Phi) is 4.13. The first-order chi connectivity index (χ1) is 9.79. The summed E-state index contributed by atoms with van der Waals surface area (Å²) in [6.45, 7) is 5.34. The number of anilines is 1. The summed E-state index contributed by atoms with van der Waals surface area (Å²) in [7, 11) is -3.77. The summed E-state index contributed by atoms with van der Waals surface area (Å²) in [5.41, 5.74) is 1.19. The van der Waals surface area contributed by atoms with E-state index in [0.717, 1.165) is 5.69 Å². The molecule has 2 rings (SSSR count). The van der Waals surface area contributed by atoms with E-state index in [4.69, 9.17) is 0 Å². The molecule has 0 unspecified atom stereocenters. The summed E-state index contributed by atoms with van der Waals surface area (Å²) in [5.74, 6) is 0.262. The minimum absolute atomic E-state index is 0.0318. The van der Waals surface area contributed by atoms with Gasteiger partial charge in [0.1, 0.15) is 0 Å². The minimum Gasteiger partial charge on any atom is -0.295 e. The van der Waals surface area contributed by atoms with Crippen LogP contribution in [0.3, 0.4) is 0 Å². The molecule has 1 heterocycles. The fourth-order valence-corrected chi connectivity index (χ4v) is 2.80. The maximum Gasteiger partial charge on any atom is 0.263 e. The number of rotatable bonds is 5. The number of ketones is 1. The van der Waals surface area contributed by atoms with Gasteiger partial charge in [0.25, 0.3) is 10.0 Å². The molecule has 0 aliphatic heterocycles. The van der Waals surface area contributed by atoms with Crippen LogP contribution in [0.5, 0.6) is 0 Å². The quantitative estimate of drug-likeness (QED) is 0.830. The van der Waals surface area contributed by atoms with Crippen LogP contribution in [0, 0.1) is 0 Å². The van der Waals surface area contributed by atoms with Crippen molar-refractivity contribution in [1.82, 2.24) is 10.2 Å². The van der Waals surface area contributed by atoms with E-state index >= 15 is 0 Å². The standard InChI is InChI=1S/C14H17N3O3S/c1-9(2)13-8-14(16-15-13)17-21(19,20)12-6-4-5-11(7-12)10(3)18/h4-9H,1-3H3,(H2,15,16,17). The lowest BCUT2D eigenvalue weighted by atomic mass is 10.1. The van der Waals surface area contributed by atoms with E-state index in [1.54, 1.807) is 12.1 Å². The number of nitrogens with zero attached hydrogens (tertiary/aromatic N) is 1. The number of aromatic nitrogens is 2. The Balaban J connectivity index is 2.29. The molecule has 0 spiro atoms. The summed E-state index contributed by atoms with van der Waals surface area (Å²) in [4.78, 5) is 11.4. The second-order valence-electron chi connectivity index (χ2n) is 5.05. The predicted octanol–water partition coefficient (Wildman–Crippen LogP) is 2.54. The Labute approximate surface area is 123 Å². The number of Topliss-reactive ketones (excluding diaryl/α,β-unsaturated/α-hetero) is 1. The van der Waals surface area contributed by atoms with Gasteiger partial charge in [0.15, 0.2) is 11.6 Å². The Morgan fingerprint density at radius 1 is 1.29 bits per heavy atom. The van der Waals surface area contributed by atoms with Crippen molar-refractivity contribution in [2.75, 3.05) is 4.72 Å². The third-order valence-corrected chi connectivity index (χ3v) is 4.36. The van der Waals surface area contributed by atoms with Crippen LogP contribution in [0.15, 0.2) is 35.2 Å². The number of carbonyl (C=O) groups excluding carboxylic acids is 1.